The zero-order chi connectivity index (χ0) is 13.0. The topological polar surface area (TPSA) is 62.5 Å². The molecule has 0 aliphatic carbocycles. The Kier molecular flexibility index (Phi) is 3.99. The fraction of sp³-hybridized carbons (Fsp3) is 0.357. The van der Waals surface area contributed by atoms with Crippen molar-refractivity contribution in [2.75, 3.05) is 6.54 Å². The fourth-order valence-corrected chi connectivity index (χ4v) is 1.87. The van der Waals surface area contributed by atoms with Gasteiger partial charge in [0.2, 0.25) is 0 Å². The van der Waals surface area contributed by atoms with Crippen molar-refractivity contribution >= 4 is 16.9 Å². The molecule has 0 aliphatic heterocycles. The summed E-state index contributed by atoms with van der Waals surface area (Å²) >= 11 is 0. The van der Waals surface area contributed by atoms with E-state index in [0.717, 1.165) is 16.7 Å². The third kappa shape index (κ3) is 3.11. The van der Waals surface area contributed by atoms with Crippen LogP contribution in [0, 0.1) is 0 Å². The van der Waals surface area contributed by atoms with Gasteiger partial charge in [-0.05, 0) is 32.0 Å². The van der Waals surface area contributed by atoms with Gasteiger partial charge in [0.1, 0.15) is 11.3 Å². The van der Waals surface area contributed by atoms with Crippen molar-refractivity contribution in [3.05, 3.63) is 36.1 Å². The van der Waals surface area contributed by atoms with Crippen LogP contribution in [0.1, 0.15) is 31.6 Å². The van der Waals surface area contributed by atoms with Crippen LogP contribution >= 0.6 is 0 Å². The van der Waals surface area contributed by atoms with E-state index in [0.29, 0.717) is 13.0 Å². The van der Waals surface area contributed by atoms with Gasteiger partial charge in [-0.3, -0.25) is 4.79 Å². The van der Waals surface area contributed by atoms with Crippen LogP contribution in [0.15, 0.2) is 34.7 Å². The van der Waals surface area contributed by atoms with Gasteiger partial charge in [0.25, 0.3) is 0 Å². The van der Waals surface area contributed by atoms with Gasteiger partial charge in [-0.2, -0.15) is 0 Å². The van der Waals surface area contributed by atoms with Crippen LogP contribution in [0.25, 0.3) is 11.0 Å². The van der Waals surface area contributed by atoms with E-state index in [1.807, 2.05) is 37.3 Å². The van der Waals surface area contributed by atoms with E-state index in [1.165, 1.54) is 0 Å². The van der Waals surface area contributed by atoms with E-state index in [9.17, 15) is 4.79 Å². The summed E-state index contributed by atoms with van der Waals surface area (Å²) in [6.07, 6.45) is 0.819. The minimum Gasteiger partial charge on any atom is -0.481 e. The van der Waals surface area contributed by atoms with Gasteiger partial charge >= 0.3 is 5.97 Å². The van der Waals surface area contributed by atoms with E-state index in [2.05, 4.69) is 5.32 Å². The number of furan rings is 1. The van der Waals surface area contributed by atoms with Crippen molar-refractivity contribution in [1.29, 1.82) is 0 Å². The summed E-state index contributed by atoms with van der Waals surface area (Å²) in [4.78, 5) is 10.4. The zero-order valence-corrected chi connectivity index (χ0v) is 10.3. The second kappa shape index (κ2) is 5.69. The number of carbonyl (C=O) groups is 1. The van der Waals surface area contributed by atoms with Gasteiger partial charge in [0, 0.05) is 11.8 Å². The van der Waals surface area contributed by atoms with Crippen molar-refractivity contribution in [2.24, 2.45) is 0 Å². The average molecular weight is 247 g/mol. The maximum Gasteiger partial charge on any atom is 0.303 e. The Balaban J connectivity index is 1.92. The average Bonchev–Trinajstić information content (AvgIpc) is 2.78. The predicted molar refractivity (Wildman–Crippen MR) is 69.5 cm³/mol. The lowest BCUT2D eigenvalue weighted by Gasteiger charge is -2.10. The molecule has 0 spiro atoms. The molecule has 0 fully saturated rings. The predicted octanol–water partition coefficient (Wildman–Crippen LogP) is 2.95. The van der Waals surface area contributed by atoms with Gasteiger partial charge < -0.3 is 14.8 Å². The van der Waals surface area contributed by atoms with Crippen LogP contribution in [0.2, 0.25) is 0 Å². The number of carboxylic acids is 1. The summed E-state index contributed by atoms with van der Waals surface area (Å²) in [6.45, 7) is 2.68. The molecule has 0 saturated heterocycles. The molecule has 1 unspecified atom stereocenters. The summed E-state index contributed by atoms with van der Waals surface area (Å²) in [5.41, 5.74) is 0.881. The van der Waals surface area contributed by atoms with Crippen LogP contribution < -0.4 is 5.32 Å². The monoisotopic (exact) mass is 247 g/mol. The first-order valence-electron chi connectivity index (χ1n) is 6.10. The summed E-state index contributed by atoms with van der Waals surface area (Å²) in [7, 11) is 0. The molecule has 4 nitrogen and oxygen atoms in total. The first kappa shape index (κ1) is 12.6. The largest absolute Gasteiger partial charge is 0.481 e. The fourth-order valence-electron chi connectivity index (χ4n) is 1.87. The third-order valence-corrected chi connectivity index (χ3v) is 2.89. The van der Waals surface area contributed by atoms with Gasteiger partial charge in [-0.15, -0.1) is 0 Å². The smallest absolute Gasteiger partial charge is 0.303 e. The maximum atomic E-state index is 10.4. The SMILES string of the molecule is CC(NCCCC(=O)O)c1cc2ccccc2o1. The van der Waals surface area contributed by atoms with Crippen molar-refractivity contribution in [3.63, 3.8) is 0 Å². The Morgan fingerprint density at radius 2 is 2.22 bits per heavy atom. The summed E-state index contributed by atoms with van der Waals surface area (Å²) in [5, 5.41) is 12.9. The second-order valence-electron chi connectivity index (χ2n) is 4.36. The van der Waals surface area contributed by atoms with E-state index in [1.54, 1.807) is 0 Å². The number of para-hydroxylation sites is 1. The molecule has 2 rings (SSSR count). The molecule has 1 aromatic heterocycles. The Hall–Kier alpha value is -1.81. The lowest BCUT2D eigenvalue weighted by atomic mass is 10.2. The molecule has 0 amide bonds. The molecule has 1 heterocycles. The van der Waals surface area contributed by atoms with E-state index < -0.39 is 5.97 Å². The molecule has 2 aromatic rings. The summed E-state index contributed by atoms with van der Waals surface area (Å²) in [5.74, 6) is 0.125. The highest BCUT2D eigenvalue weighted by atomic mass is 16.4. The van der Waals surface area contributed by atoms with E-state index in [-0.39, 0.29) is 12.5 Å². The third-order valence-electron chi connectivity index (χ3n) is 2.89. The number of benzene rings is 1. The van der Waals surface area contributed by atoms with Crippen LogP contribution in [0.5, 0.6) is 0 Å². The normalized spacial score (nSPS) is 12.7. The van der Waals surface area contributed by atoms with Gasteiger partial charge in [-0.25, -0.2) is 0 Å². The number of hydrogen-bond donors (Lipinski definition) is 2. The molecule has 18 heavy (non-hydrogen) atoms. The quantitative estimate of drug-likeness (QED) is 0.770. The van der Waals surface area contributed by atoms with Crippen molar-refractivity contribution in [2.45, 2.75) is 25.8 Å². The van der Waals surface area contributed by atoms with Crippen molar-refractivity contribution in [1.82, 2.24) is 5.32 Å². The molecule has 2 N–H and O–H groups in total. The highest BCUT2D eigenvalue weighted by Crippen LogP contribution is 2.23. The van der Waals surface area contributed by atoms with Crippen molar-refractivity contribution in [3.8, 4) is 0 Å². The maximum absolute atomic E-state index is 10.4. The molecule has 0 radical (unpaired) electrons. The molecule has 1 atom stereocenters. The molecule has 0 aliphatic rings. The Bertz CT molecular complexity index is 500. The number of fused-ring (bicyclic) bond motifs is 1. The molecule has 0 bridgehead atoms. The van der Waals surface area contributed by atoms with Gasteiger partial charge in [0.05, 0.1) is 6.04 Å². The lowest BCUT2D eigenvalue weighted by Crippen LogP contribution is -2.20. The van der Waals surface area contributed by atoms with Gasteiger partial charge in [-0.1, -0.05) is 18.2 Å². The van der Waals surface area contributed by atoms with Crippen molar-refractivity contribution < 1.29 is 14.3 Å². The molecular formula is C14H17NO3. The van der Waals surface area contributed by atoms with Crippen LogP contribution in [-0.2, 0) is 4.79 Å². The first-order chi connectivity index (χ1) is 8.66. The lowest BCUT2D eigenvalue weighted by molar-refractivity contribution is -0.137. The molecule has 96 valence electrons. The number of aliphatic carboxylic acids is 1. The number of carboxylic acid groups (broad SMARTS) is 1. The summed E-state index contributed by atoms with van der Waals surface area (Å²) in [6, 6.07) is 9.98. The van der Waals surface area contributed by atoms with Crippen LogP contribution in [0.4, 0.5) is 0 Å². The standard InChI is InChI=1S/C14H17NO3/c1-10(15-8-4-7-14(16)17)13-9-11-5-2-3-6-12(11)18-13/h2-3,5-6,9-10,15H,4,7-8H2,1H3,(H,16,17). The Labute approximate surface area is 106 Å². The van der Waals surface area contributed by atoms with Crippen LogP contribution in [0.3, 0.4) is 0 Å². The molecule has 1 aromatic carbocycles. The number of nitrogens with one attached hydrogen (secondary N) is 1. The molecule has 0 saturated carbocycles. The minimum atomic E-state index is -0.756. The number of hydrogen-bond acceptors (Lipinski definition) is 3. The number of rotatable bonds is 6. The Morgan fingerprint density at radius 3 is 2.94 bits per heavy atom. The summed E-state index contributed by atoms with van der Waals surface area (Å²) < 4.78 is 5.73. The van der Waals surface area contributed by atoms with Crippen LogP contribution in [-0.4, -0.2) is 17.6 Å². The minimum absolute atomic E-state index is 0.0891. The highest BCUT2D eigenvalue weighted by Gasteiger charge is 2.10. The zero-order valence-electron chi connectivity index (χ0n) is 10.3. The Morgan fingerprint density at radius 1 is 1.44 bits per heavy atom. The second-order valence-corrected chi connectivity index (χ2v) is 4.36. The van der Waals surface area contributed by atoms with E-state index in [4.69, 9.17) is 9.52 Å². The molecule has 4 heteroatoms. The molecular weight excluding hydrogens is 230 g/mol. The van der Waals surface area contributed by atoms with E-state index >= 15 is 0 Å². The van der Waals surface area contributed by atoms with Gasteiger partial charge in [0.15, 0.2) is 0 Å². The first-order valence-corrected chi connectivity index (χ1v) is 6.10. The highest BCUT2D eigenvalue weighted by molar-refractivity contribution is 5.77.